The van der Waals surface area contributed by atoms with Crippen LogP contribution in [-0.4, -0.2) is 35.2 Å². The molecular formula is C18H23NO4. The number of nitrogens with one attached hydrogen (secondary N) is 1. The normalized spacial score (nSPS) is 22.9. The summed E-state index contributed by atoms with van der Waals surface area (Å²) in [5, 5.41) is 12.2. The highest BCUT2D eigenvalue weighted by Gasteiger charge is 2.40. The Morgan fingerprint density at radius 1 is 1.22 bits per heavy atom. The Balaban J connectivity index is 1.70. The largest absolute Gasteiger partial charge is 0.478 e. The van der Waals surface area contributed by atoms with E-state index in [9.17, 15) is 9.59 Å². The van der Waals surface area contributed by atoms with Gasteiger partial charge in [0.15, 0.2) is 0 Å². The number of hydrogen-bond donors (Lipinski definition) is 2. The average molecular weight is 317 g/mol. The Hall–Kier alpha value is -1.88. The van der Waals surface area contributed by atoms with E-state index in [1.165, 1.54) is 18.9 Å². The third-order valence-electron chi connectivity index (χ3n) is 4.93. The van der Waals surface area contributed by atoms with Gasteiger partial charge in [0, 0.05) is 18.2 Å². The fourth-order valence-corrected chi connectivity index (χ4v) is 3.83. The van der Waals surface area contributed by atoms with Gasteiger partial charge in [0.25, 0.3) is 5.91 Å². The van der Waals surface area contributed by atoms with Crippen LogP contribution in [0.2, 0.25) is 0 Å². The van der Waals surface area contributed by atoms with Crippen molar-refractivity contribution in [3.8, 4) is 0 Å². The van der Waals surface area contributed by atoms with E-state index in [0.29, 0.717) is 12.2 Å². The van der Waals surface area contributed by atoms with Crippen molar-refractivity contribution < 1.29 is 19.4 Å². The van der Waals surface area contributed by atoms with Gasteiger partial charge in [-0.3, -0.25) is 4.79 Å². The van der Waals surface area contributed by atoms with Gasteiger partial charge in [-0.15, -0.1) is 0 Å². The molecule has 0 bridgehead atoms. The lowest BCUT2D eigenvalue weighted by molar-refractivity contribution is -0.0823. The number of aromatic carboxylic acids is 1. The molecule has 23 heavy (non-hydrogen) atoms. The van der Waals surface area contributed by atoms with Crippen LogP contribution in [-0.2, 0) is 4.74 Å². The van der Waals surface area contributed by atoms with Crippen LogP contribution in [0, 0.1) is 6.92 Å². The number of carboxylic acids is 1. The molecule has 1 aromatic carbocycles. The van der Waals surface area contributed by atoms with Gasteiger partial charge in [0.2, 0.25) is 0 Å². The predicted molar refractivity (Wildman–Crippen MR) is 85.8 cm³/mol. The van der Waals surface area contributed by atoms with Crippen molar-refractivity contribution >= 4 is 11.9 Å². The van der Waals surface area contributed by atoms with Crippen molar-refractivity contribution in [3.05, 3.63) is 34.9 Å². The van der Waals surface area contributed by atoms with Gasteiger partial charge in [-0.05, 0) is 56.4 Å². The van der Waals surface area contributed by atoms with Gasteiger partial charge < -0.3 is 15.2 Å². The zero-order chi connectivity index (χ0) is 16.4. The van der Waals surface area contributed by atoms with Crippen LogP contribution in [0.15, 0.2) is 18.2 Å². The minimum Gasteiger partial charge on any atom is -0.478 e. The monoisotopic (exact) mass is 317 g/mol. The first kappa shape index (κ1) is 16.0. The molecule has 1 heterocycles. The van der Waals surface area contributed by atoms with Crippen molar-refractivity contribution in [2.75, 3.05) is 6.61 Å². The van der Waals surface area contributed by atoms with Gasteiger partial charge in [0.05, 0.1) is 11.2 Å². The quantitative estimate of drug-likeness (QED) is 0.899. The number of rotatable bonds is 3. The number of benzene rings is 1. The lowest BCUT2D eigenvalue weighted by Crippen LogP contribution is -2.47. The molecule has 0 aromatic heterocycles. The first-order valence-electron chi connectivity index (χ1n) is 8.27. The molecule has 1 saturated carbocycles. The second-order valence-corrected chi connectivity index (χ2v) is 6.79. The number of ether oxygens (including phenoxy) is 1. The SMILES string of the molecule is Cc1cc(C(=O)O)cc(C(=O)NC2CCOC3(CCCC3)C2)c1. The van der Waals surface area contributed by atoms with Crippen LogP contribution in [0.25, 0.3) is 0 Å². The summed E-state index contributed by atoms with van der Waals surface area (Å²) in [5.74, 6) is -1.21. The number of carbonyl (C=O) groups excluding carboxylic acids is 1. The highest BCUT2D eigenvalue weighted by atomic mass is 16.5. The maximum atomic E-state index is 12.5. The fourth-order valence-electron chi connectivity index (χ4n) is 3.83. The van der Waals surface area contributed by atoms with Crippen LogP contribution >= 0.6 is 0 Å². The van der Waals surface area contributed by atoms with Gasteiger partial charge in [-0.25, -0.2) is 4.79 Å². The van der Waals surface area contributed by atoms with Crippen molar-refractivity contribution in [3.63, 3.8) is 0 Å². The molecule has 1 amide bonds. The van der Waals surface area contributed by atoms with E-state index in [2.05, 4.69) is 5.32 Å². The minimum atomic E-state index is -1.02. The lowest BCUT2D eigenvalue weighted by Gasteiger charge is -2.38. The van der Waals surface area contributed by atoms with E-state index < -0.39 is 5.97 Å². The molecule has 5 nitrogen and oxygen atoms in total. The Morgan fingerprint density at radius 2 is 1.91 bits per heavy atom. The van der Waals surface area contributed by atoms with Crippen molar-refractivity contribution in [1.82, 2.24) is 5.32 Å². The molecule has 0 radical (unpaired) electrons. The van der Waals surface area contributed by atoms with Crippen molar-refractivity contribution in [1.29, 1.82) is 0 Å². The Bertz CT molecular complexity index is 619. The summed E-state index contributed by atoms with van der Waals surface area (Å²) < 4.78 is 5.98. The molecular weight excluding hydrogens is 294 g/mol. The standard InChI is InChI=1S/C18H23NO4/c1-12-8-13(10-14(9-12)17(21)22)16(20)19-15-4-7-23-18(11-15)5-2-3-6-18/h8-10,15H,2-7,11H2,1H3,(H,19,20)(H,21,22). The molecule has 1 saturated heterocycles. The fraction of sp³-hybridized carbons (Fsp3) is 0.556. The second kappa shape index (κ2) is 6.32. The molecule has 2 aliphatic rings. The molecule has 5 heteroatoms. The maximum Gasteiger partial charge on any atom is 0.335 e. The molecule has 1 spiro atoms. The molecule has 1 aliphatic heterocycles. The minimum absolute atomic E-state index is 0.0466. The van der Waals surface area contributed by atoms with E-state index in [-0.39, 0.29) is 23.1 Å². The van der Waals surface area contributed by atoms with Crippen LogP contribution < -0.4 is 5.32 Å². The summed E-state index contributed by atoms with van der Waals surface area (Å²) in [7, 11) is 0. The third kappa shape index (κ3) is 3.55. The third-order valence-corrected chi connectivity index (χ3v) is 4.93. The van der Waals surface area contributed by atoms with Crippen LogP contribution in [0.5, 0.6) is 0 Å². The van der Waals surface area contributed by atoms with Crippen LogP contribution in [0.1, 0.15) is 64.8 Å². The molecule has 2 N–H and O–H groups in total. The molecule has 2 fully saturated rings. The summed E-state index contributed by atoms with van der Waals surface area (Å²) in [6.07, 6.45) is 6.21. The zero-order valence-corrected chi connectivity index (χ0v) is 13.4. The molecule has 1 aromatic rings. The smallest absolute Gasteiger partial charge is 0.335 e. The van der Waals surface area contributed by atoms with Crippen LogP contribution in [0.4, 0.5) is 0 Å². The van der Waals surface area contributed by atoms with E-state index in [1.54, 1.807) is 19.1 Å². The summed E-state index contributed by atoms with van der Waals surface area (Å²) in [4.78, 5) is 23.6. The average Bonchev–Trinajstić information content (AvgIpc) is 2.94. The molecule has 1 aliphatic carbocycles. The van der Waals surface area contributed by atoms with Crippen molar-refractivity contribution in [2.45, 2.75) is 57.1 Å². The van der Waals surface area contributed by atoms with Gasteiger partial charge in [-0.1, -0.05) is 12.8 Å². The number of amides is 1. The highest BCUT2D eigenvalue weighted by Crippen LogP contribution is 2.40. The lowest BCUT2D eigenvalue weighted by atomic mass is 9.88. The van der Waals surface area contributed by atoms with E-state index in [1.807, 2.05) is 0 Å². The summed E-state index contributed by atoms with van der Waals surface area (Å²) >= 11 is 0. The Kier molecular flexibility index (Phi) is 4.39. The zero-order valence-electron chi connectivity index (χ0n) is 13.4. The first-order valence-corrected chi connectivity index (χ1v) is 8.27. The van der Waals surface area contributed by atoms with E-state index in [0.717, 1.165) is 31.2 Å². The number of aryl methyl sites for hydroxylation is 1. The van der Waals surface area contributed by atoms with Gasteiger partial charge >= 0.3 is 5.97 Å². The number of carboxylic acid groups (broad SMARTS) is 1. The van der Waals surface area contributed by atoms with Gasteiger partial charge in [0.1, 0.15) is 0 Å². The molecule has 3 rings (SSSR count). The summed E-state index contributed by atoms with van der Waals surface area (Å²) in [6.45, 7) is 2.48. The second-order valence-electron chi connectivity index (χ2n) is 6.79. The number of hydrogen-bond acceptors (Lipinski definition) is 3. The molecule has 1 unspecified atom stereocenters. The van der Waals surface area contributed by atoms with E-state index >= 15 is 0 Å². The number of carbonyl (C=O) groups is 2. The molecule has 124 valence electrons. The first-order chi connectivity index (χ1) is 11.0. The summed E-state index contributed by atoms with van der Waals surface area (Å²) in [5.41, 5.74) is 1.28. The van der Waals surface area contributed by atoms with E-state index in [4.69, 9.17) is 9.84 Å². The summed E-state index contributed by atoms with van der Waals surface area (Å²) in [6, 6.07) is 4.84. The Morgan fingerprint density at radius 3 is 2.61 bits per heavy atom. The topological polar surface area (TPSA) is 75.6 Å². The van der Waals surface area contributed by atoms with Gasteiger partial charge in [-0.2, -0.15) is 0 Å². The highest BCUT2D eigenvalue weighted by molar-refractivity contribution is 5.98. The molecule has 1 atom stereocenters. The maximum absolute atomic E-state index is 12.5. The van der Waals surface area contributed by atoms with Crippen molar-refractivity contribution in [2.24, 2.45) is 0 Å². The predicted octanol–water partition coefficient (Wildman–Crippen LogP) is 2.91. The van der Waals surface area contributed by atoms with Crippen LogP contribution in [0.3, 0.4) is 0 Å². The Labute approximate surface area is 136 Å².